The molecular weight excluding hydrogens is 275 g/mol. The van der Waals surface area contributed by atoms with Gasteiger partial charge in [0.1, 0.15) is 0 Å². The summed E-state index contributed by atoms with van der Waals surface area (Å²) in [4.78, 5) is 0. The number of aromatic amines is 1. The zero-order valence-corrected chi connectivity index (χ0v) is 9.79. The molecule has 0 saturated heterocycles. The number of H-pyrrole nitrogens is 1. The van der Waals surface area contributed by atoms with Gasteiger partial charge in [-0.3, -0.25) is 5.10 Å². The first-order valence-corrected chi connectivity index (χ1v) is 5.39. The third-order valence-electron chi connectivity index (χ3n) is 2.18. The van der Waals surface area contributed by atoms with Crippen molar-refractivity contribution in [1.82, 2.24) is 10.2 Å². The zero-order valence-electron chi connectivity index (χ0n) is 7.63. The molecule has 1 aromatic heterocycles. The van der Waals surface area contributed by atoms with Crippen LogP contribution in [0.2, 0.25) is 0 Å². The van der Waals surface area contributed by atoms with Crippen LogP contribution in [0.25, 0.3) is 10.9 Å². The molecular formula is C10H11IN2. The van der Waals surface area contributed by atoms with Gasteiger partial charge in [0, 0.05) is 8.96 Å². The summed E-state index contributed by atoms with van der Waals surface area (Å²) in [5.41, 5.74) is 2.55. The number of hydrogen-bond donors (Lipinski definition) is 1. The molecule has 2 nitrogen and oxygen atoms in total. The van der Waals surface area contributed by atoms with Crippen molar-refractivity contribution in [2.75, 3.05) is 0 Å². The second kappa shape index (κ2) is 3.29. The standard InChI is InChI=1S/C10H11IN2/c1-6(2)9-8(11)4-3-7-5-12-13-10(7)9/h3-6H,1-2H3,(H,12,13). The molecule has 3 heteroatoms. The fraction of sp³-hybridized carbons (Fsp3) is 0.300. The van der Waals surface area contributed by atoms with Crippen molar-refractivity contribution in [3.05, 3.63) is 27.5 Å². The second-order valence-electron chi connectivity index (χ2n) is 3.45. The number of halogens is 1. The number of nitrogens with zero attached hydrogens (tertiary/aromatic N) is 1. The van der Waals surface area contributed by atoms with Gasteiger partial charge in [-0.2, -0.15) is 5.10 Å². The van der Waals surface area contributed by atoms with Gasteiger partial charge in [-0.25, -0.2) is 0 Å². The summed E-state index contributed by atoms with van der Waals surface area (Å²) < 4.78 is 1.31. The van der Waals surface area contributed by atoms with E-state index in [1.54, 1.807) is 0 Å². The van der Waals surface area contributed by atoms with Crippen molar-refractivity contribution in [3.8, 4) is 0 Å². The van der Waals surface area contributed by atoms with E-state index in [9.17, 15) is 0 Å². The van der Waals surface area contributed by atoms with Crippen molar-refractivity contribution in [2.45, 2.75) is 19.8 Å². The minimum absolute atomic E-state index is 0.538. The van der Waals surface area contributed by atoms with Crippen LogP contribution >= 0.6 is 22.6 Å². The van der Waals surface area contributed by atoms with Crippen LogP contribution < -0.4 is 0 Å². The van der Waals surface area contributed by atoms with E-state index in [0.29, 0.717) is 5.92 Å². The van der Waals surface area contributed by atoms with E-state index in [0.717, 1.165) is 0 Å². The lowest BCUT2D eigenvalue weighted by molar-refractivity contribution is 0.865. The summed E-state index contributed by atoms with van der Waals surface area (Å²) in [6.07, 6.45) is 1.87. The predicted octanol–water partition coefficient (Wildman–Crippen LogP) is 3.29. The Morgan fingerprint density at radius 2 is 2.15 bits per heavy atom. The third-order valence-corrected chi connectivity index (χ3v) is 3.12. The molecule has 13 heavy (non-hydrogen) atoms. The van der Waals surface area contributed by atoms with Crippen LogP contribution in [0.3, 0.4) is 0 Å². The van der Waals surface area contributed by atoms with Crippen LogP contribution in [-0.2, 0) is 0 Å². The molecule has 0 atom stereocenters. The molecule has 0 unspecified atom stereocenters. The average molecular weight is 286 g/mol. The molecule has 2 rings (SSSR count). The van der Waals surface area contributed by atoms with Gasteiger partial charge in [0.15, 0.2) is 0 Å². The normalized spacial score (nSPS) is 11.4. The topological polar surface area (TPSA) is 28.7 Å². The Kier molecular flexibility index (Phi) is 2.27. The molecule has 0 aliphatic heterocycles. The monoisotopic (exact) mass is 286 g/mol. The Balaban J connectivity index is 2.80. The lowest BCUT2D eigenvalue weighted by atomic mass is 10.0. The summed E-state index contributed by atoms with van der Waals surface area (Å²) >= 11 is 2.37. The number of hydrogen-bond acceptors (Lipinski definition) is 1. The summed E-state index contributed by atoms with van der Waals surface area (Å²) in [6, 6.07) is 4.25. The van der Waals surface area contributed by atoms with Gasteiger partial charge >= 0.3 is 0 Å². The van der Waals surface area contributed by atoms with Gasteiger partial charge in [0.2, 0.25) is 0 Å². The van der Waals surface area contributed by atoms with Crippen LogP contribution in [0.15, 0.2) is 18.3 Å². The minimum atomic E-state index is 0.538. The van der Waals surface area contributed by atoms with E-state index < -0.39 is 0 Å². The summed E-state index contributed by atoms with van der Waals surface area (Å²) in [5.74, 6) is 0.538. The quantitative estimate of drug-likeness (QED) is 0.801. The average Bonchev–Trinajstić information content (AvgIpc) is 2.50. The van der Waals surface area contributed by atoms with Gasteiger partial charge in [-0.1, -0.05) is 19.9 Å². The van der Waals surface area contributed by atoms with E-state index >= 15 is 0 Å². The Labute approximate surface area is 90.9 Å². The maximum atomic E-state index is 4.06. The maximum absolute atomic E-state index is 4.06. The first kappa shape index (κ1) is 8.99. The molecule has 0 spiro atoms. The molecule has 2 aromatic rings. The van der Waals surface area contributed by atoms with Gasteiger partial charge in [-0.05, 0) is 40.1 Å². The van der Waals surface area contributed by atoms with Gasteiger partial charge in [0.05, 0.1) is 11.7 Å². The molecule has 1 N–H and O–H groups in total. The van der Waals surface area contributed by atoms with Crippen molar-refractivity contribution >= 4 is 33.5 Å². The summed E-state index contributed by atoms with van der Waals surface area (Å²) in [5, 5.41) is 8.31. The highest BCUT2D eigenvalue weighted by atomic mass is 127. The fourth-order valence-electron chi connectivity index (χ4n) is 1.57. The van der Waals surface area contributed by atoms with Crippen LogP contribution in [0, 0.1) is 3.57 Å². The molecule has 1 heterocycles. The van der Waals surface area contributed by atoms with Crippen molar-refractivity contribution in [1.29, 1.82) is 0 Å². The highest BCUT2D eigenvalue weighted by molar-refractivity contribution is 14.1. The largest absolute Gasteiger partial charge is 0.278 e. The first-order chi connectivity index (χ1) is 6.20. The lowest BCUT2D eigenvalue weighted by Gasteiger charge is -2.08. The Hall–Kier alpha value is -0.580. The van der Waals surface area contributed by atoms with Crippen molar-refractivity contribution in [3.63, 3.8) is 0 Å². The SMILES string of the molecule is CC(C)c1c(I)ccc2cn[nH]c12. The predicted molar refractivity (Wildman–Crippen MR) is 62.9 cm³/mol. The fourth-order valence-corrected chi connectivity index (χ4v) is 2.65. The van der Waals surface area contributed by atoms with Gasteiger partial charge < -0.3 is 0 Å². The highest BCUT2D eigenvalue weighted by Crippen LogP contribution is 2.28. The van der Waals surface area contributed by atoms with E-state index in [1.165, 1.54) is 20.0 Å². The van der Waals surface area contributed by atoms with Crippen LogP contribution in [0.1, 0.15) is 25.3 Å². The summed E-state index contributed by atoms with van der Waals surface area (Å²) in [7, 11) is 0. The number of benzene rings is 1. The Morgan fingerprint density at radius 1 is 1.38 bits per heavy atom. The molecule has 0 radical (unpaired) electrons. The summed E-state index contributed by atoms with van der Waals surface area (Å²) in [6.45, 7) is 4.41. The number of aromatic nitrogens is 2. The molecule has 68 valence electrons. The molecule has 1 aromatic carbocycles. The second-order valence-corrected chi connectivity index (χ2v) is 4.61. The molecule has 0 saturated carbocycles. The van der Waals surface area contributed by atoms with Crippen LogP contribution in [-0.4, -0.2) is 10.2 Å². The van der Waals surface area contributed by atoms with Crippen molar-refractivity contribution < 1.29 is 0 Å². The molecule has 0 aliphatic carbocycles. The first-order valence-electron chi connectivity index (χ1n) is 4.31. The third kappa shape index (κ3) is 1.45. The molecule has 0 amide bonds. The van der Waals surface area contributed by atoms with Crippen molar-refractivity contribution in [2.24, 2.45) is 0 Å². The number of fused-ring (bicyclic) bond motifs is 1. The van der Waals surface area contributed by atoms with E-state index in [1.807, 2.05) is 6.20 Å². The highest BCUT2D eigenvalue weighted by Gasteiger charge is 2.10. The van der Waals surface area contributed by atoms with Gasteiger partial charge in [-0.15, -0.1) is 0 Å². The maximum Gasteiger partial charge on any atom is 0.0695 e. The smallest absolute Gasteiger partial charge is 0.0695 e. The number of rotatable bonds is 1. The lowest BCUT2D eigenvalue weighted by Crippen LogP contribution is -1.93. The minimum Gasteiger partial charge on any atom is -0.278 e. The Morgan fingerprint density at radius 3 is 2.85 bits per heavy atom. The van der Waals surface area contributed by atoms with E-state index in [4.69, 9.17) is 0 Å². The Bertz CT molecular complexity index is 431. The van der Waals surface area contributed by atoms with Crippen LogP contribution in [0.5, 0.6) is 0 Å². The van der Waals surface area contributed by atoms with E-state index in [-0.39, 0.29) is 0 Å². The zero-order chi connectivity index (χ0) is 9.42. The molecule has 0 bridgehead atoms. The van der Waals surface area contributed by atoms with E-state index in [2.05, 4.69) is 58.8 Å². The molecule has 0 fully saturated rings. The van der Waals surface area contributed by atoms with Crippen LogP contribution in [0.4, 0.5) is 0 Å². The molecule has 0 aliphatic rings. The number of nitrogens with one attached hydrogen (secondary N) is 1. The van der Waals surface area contributed by atoms with Gasteiger partial charge in [0.25, 0.3) is 0 Å².